The summed E-state index contributed by atoms with van der Waals surface area (Å²) in [4.78, 5) is 13.2. The van der Waals surface area contributed by atoms with Gasteiger partial charge in [0.2, 0.25) is 10.0 Å². The number of benzene rings is 3. The highest BCUT2D eigenvalue weighted by molar-refractivity contribution is 7.89. The Balaban J connectivity index is 1.59. The third-order valence-corrected chi connectivity index (χ3v) is 7.31. The van der Waals surface area contributed by atoms with Gasteiger partial charge in [0.05, 0.1) is 23.8 Å². The number of sulfonamides is 1. The van der Waals surface area contributed by atoms with E-state index >= 15 is 0 Å². The first-order chi connectivity index (χ1) is 15.8. The van der Waals surface area contributed by atoms with Gasteiger partial charge in [0.15, 0.2) is 5.75 Å². The normalized spacial score (nSPS) is 14.6. The van der Waals surface area contributed by atoms with Crippen molar-refractivity contribution in [2.24, 2.45) is 0 Å². The Kier molecular flexibility index (Phi) is 6.78. The summed E-state index contributed by atoms with van der Waals surface area (Å²) in [5.41, 5.74) is 2.51. The molecular formula is C25H26N2O5S. The predicted octanol–water partition coefficient (Wildman–Crippen LogP) is 4.37. The van der Waals surface area contributed by atoms with Crippen LogP contribution in [0, 0.1) is 13.8 Å². The van der Waals surface area contributed by atoms with Gasteiger partial charge in [-0.15, -0.1) is 0 Å². The third kappa shape index (κ3) is 5.24. The molecule has 7 nitrogen and oxygen atoms in total. The topological polar surface area (TPSA) is 84.9 Å². The van der Waals surface area contributed by atoms with Crippen molar-refractivity contribution in [2.45, 2.75) is 18.7 Å². The monoisotopic (exact) mass is 466 g/mol. The average molecular weight is 467 g/mol. The quantitative estimate of drug-likeness (QED) is 0.583. The molecule has 0 spiro atoms. The van der Waals surface area contributed by atoms with Crippen LogP contribution in [0.1, 0.15) is 21.5 Å². The summed E-state index contributed by atoms with van der Waals surface area (Å²) in [5, 5.41) is 2.87. The molecule has 0 saturated carbocycles. The van der Waals surface area contributed by atoms with Gasteiger partial charge in [0.1, 0.15) is 5.75 Å². The first kappa shape index (κ1) is 23.0. The van der Waals surface area contributed by atoms with Crippen LogP contribution in [0.2, 0.25) is 0 Å². The summed E-state index contributed by atoms with van der Waals surface area (Å²) in [6.45, 7) is 5.05. The molecule has 0 radical (unpaired) electrons. The second-order valence-electron chi connectivity index (χ2n) is 7.86. The van der Waals surface area contributed by atoms with Gasteiger partial charge in [-0.1, -0.05) is 30.3 Å². The molecule has 1 N–H and O–H groups in total. The van der Waals surface area contributed by atoms with Gasteiger partial charge >= 0.3 is 0 Å². The number of para-hydroxylation sites is 2. The zero-order chi connectivity index (χ0) is 23.4. The van der Waals surface area contributed by atoms with E-state index in [0.29, 0.717) is 49.1 Å². The number of hydrogen-bond acceptors (Lipinski definition) is 5. The zero-order valence-electron chi connectivity index (χ0n) is 18.6. The molecule has 0 atom stereocenters. The van der Waals surface area contributed by atoms with Crippen molar-refractivity contribution in [1.82, 2.24) is 4.31 Å². The van der Waals surface area contributed by atoms with Crippen molar-refractivity contribution < 1.29 is 22.7 Å². The first-order valence-electron chi connectivity index (χ1n) is 10.7. The standard InChI is InChI=1S/C25H26N2O5S/c1-18-6-5-7-20(16-18)32-24-9-4-3-8-23(24)26-25(28)22-17-21(11-10-19(22)2)33(29,30)27-12-14-31-15-13-27/h3-11,16-17H,12-15H2,1-2H3,(H,26,28). The van der Waals surface area contributed by atoms with Crippen LogP contribution in [-0.4, -0.2) is 44.9 Å². The first-order valence-corrected chi connectivity index (χ1v) is 12.1. The fourth-order valence-corrected chi connectivity index (χ4v) is 5.03. The highest BCUT2D eigenvalue weighted by atomic mass is 32.2. The van der Waals surface area contributed by atoms with Gasteiger partial charge < -0.3 is 14.8 Å². The highest BCUT2D eigenvalue weighted by Gasteiger charge is 2.27. The van der Waals surface area contributed by atoms with E-state index in [1.807, 2.05) is 37.3 Å². The van der Waals surface area contributed by atoms with E-state index in [1.54, 1.807) is 31.2 Å². The van der Waals surface area contributed by atoms with Gasteiger partial charge in [-0.2, -0.15) is 4.31 Å². The summed E-state index contributed by atoms with van der Waals surface area (Å²) < 4.78 is 38.7. The van der Waals surface area contributed by atoms with Crippen molar-refractivity contribution >= 4 is 21.6 Å². The average Bonchev–Trinajstić information content (AvgIpc) is 2.81. The van der Waals surface area contributed by atoms with Crippen LogP contribution >= 0.6 is 0 Å². The lowest BCUT2D eigenvalue weighted by molar-refractivity contribution is 0.0730. The van der Waals surface area contributed by atoms with E-state index in [9.17, 15) is 13.2 Å². The van der Waals surface area contributed by atoms with E-state index in [4.69, 9.17) is 9.47 Å². The number of hydrogen-bond donors (Lipinski definition) is 1. The minimum atomic E-state index is -3.71. The van der Waals surface area contributed by atoms with Crippen LogP contribution in [0.25, 0.3) is 0 Å². The second kappa shape index (κ2) is 9.74. The molecule has 0 bridgehead atoms. The van der Waals surface area contributed by atoms with Crippen molar-refractivity contribution in [3.63, 3.8) is 0 Å². The Hall–Kier alpha value is -3.20. The molecule has 1 saturated heterocycles. The smallest absolute Gasteiger partial charge is 0.256 e. The maximum atomic E-state index is 13.2. The van der Waals surface area contributed by atoms with Gasteiger partial charge in [0.25, 0.3) is 5.91 Å². The van der Waals surface area contributed by atoms with Crippen LogP contribution < -0.4 is 10.1 Å². The summed E-state index contributed by atoms with van der Waals surface area (Å²) in [6, 6.07) is 19.4. The van der Waals surface area contributed by atoms with E-state index < -0.39 is 15.9 Å². The van der Waals surface area contributed by atoms with Gasteiger partial charge in [-0.3, -0.25) is 4.79 Å². The lowest BCUT2D eigenvalue weighted by Gasteiger charge is -2.26. The Bertz CT molecular complexity index is 1270. The van der Waals surface area contributed by atoms with Crippen molar-refractivity contribution in [3.05, 3.63) is 83.4 Å². The number of morpholine rings is 1. The third-order valence-electron chi connectivity index (χ3n) is 5.41. The fourth-order valence-electron chi connectivity index (χ4n) is 3.60. The molecule has 0 aliphatic carbocycles. The number of nitrogens with zero attached hydrogens (tertiary/aromatic N) is 1. The second-order valence-corrected chi connectivity index (χ2v) is 9.80. The van der Waals surface area contributed by atoms with Gasteiger partial charge in [-0.05, 0) is 61.4 Å². The molecule has 3 aromatic carbocycles. The van der Waals surface area contributed by atoms with Crippen molar-refractivity contribution in [1.29, 1.82) is 0 Å². The molecular weight excluding hydrogens is 440 g/mol. The molecule has 1 amide bonds. The number of ether oxygens (including phenoxy) is 2. The molecule has 4 rings (SSSR count). The van der Waals surface area contributed by atoms with Crippen LogP contribution in [0.4, 0.5) is 5.69 Å². The number of aryl methyl sites for hydroxylation is 2. The van der Waals surface area contributed by atoms with Crippen LogP contribution in [0.3, 0.4) is 0 Å². The summed E-state index contributed by atoms with van der Waals surface area (Å²) in [5.74, 6) is 0.740. The fraction of sp³-hybridized carbons (Fsp3) is 0.240. The summed E-state index contributed by atoms with van der Waals surface area (Å²) in [6.07, 6.45) is 0. The molecule has 1 heterocycles. The highest BCUT2D eigenvalue weighted by Crippen LogP contribution is 2.30. The SMILES string of the molecule is Cc1cccc(Oc2ccccc2NC(=O)c2cc(S(=O)(=O)N3CCOCC3)ccc2C)c1. The Morgan fingerprint density at radius 3 is 2.48 bits per heavy atom. The lowest BCUT2D eigenvalue weighted by Crippen LogP contribution is -2.40. The Morgan fingerprint density at radius 2 is 1.73 bits per heavy atom. The lowest BCUT2D eigenvalue weighted by atomic mass is 10.1. The maximum Gasteiger partial charge on any atom is 0.256 e. The number of amides is 1. The molecule has 172 valence electrons. The minimum Gasteiger partial charge on any atom is -0.455 e. The summed E-state index contributed by atoms with van der Waals surface area (Å²) >= 11 is 0. The van der Waals surface area contributed by atoms with Crippen LogP contribution in [0.15, 0.2) is 71.6 Å². The molecule has 3 aromatic rings. The molecule has 33 heavy (non-hydrogen) atoms. The summed E-state index contributed by atoms with van der Waals surface area (Å²) in [7, 11) is -3.71. The number of rotatable bonds is 6. The number of anilines is 1. The van der Waals surface area contributed by atoms with Crippen LogP contribution in [0.5, 0.6) is 11.5 Å². The maximum absolute atomic E-state index is 13.2. The molecule has 8 heteroatoms. The number of carbonyl (C=O) groups excluding carboxylic acids is 1. The Morgan fingerprint density at radius 1 is 0.970 bits per heavy atom. The predicted molar refractivity (Wildman–Crippen MR) is 126 cm³/mol. The van der Waals surface area contributed by atoms with Crippen molar-refractivity contribution in [2.75, 3.05) is 31.6 Å². The van der Waals surface area contributed by atoms with E-state index in [2.05, 4.69) is 5.32 Å². The molecule has 1 aliphatic rings. The van der Waals surface area contributed by atoms with Gasteiger partial charge in [-0.25, -0.2) is 8.42 Å². The van der Waals surface area contributed by atoms with E-state index in [1.165, 1.54) is 16.4 Å². The van der Waals surface area contributed by atoms with E-state index in [0.717, 1.165) is 5.56 Å². The minimum absolute atomic E-state index is 0.0874. The molecule has 0 unspecified atom stereocenters. The van der Waals surface area contributed by atoms with Crippen LogP contribution in [-0.2, 0) is 14.8 Å². The molecule has 1 aliphatic heterocycles. The Labute approximate surface area is 194 Å². The number of nitrogens with one attached hydrogen (secondary N) is 1. The van der Waals surface area contributed by atoms with Gasteiger partial charge in [0, 0.05) is 18.7 Å². The molecule has 1 fully saturated rings. The zero-order valence-corrected chi connectivity index (χ0v) is 19.4. The van der Waals surface area contributed by atoms with E-state index in [-0.39, 0.29) is 10.5 Å². The van der Waals surface area contributed by atoms with Crippen molar-refractivity contribution in [3.8, 4) is 11.5 Å². The molecule has 0 aromatic heterocycles. The number of carbonyl (C=O) groups is 1. The largest absolute Gasteiger partial charge is 0.455 e.